The van der Waals surface area contributed by atoms with E-state index in [1.165, 1.54) is 4.80 Å². The molecule has 1 heterocycles. The lowest BCUT2D eigenvalue weighted by Gasteiger charge is -2.14. The van der Waals surface area contributed by atoms with Gasteiger partial charge in [-0.25, -0.2) is 0 Å². The van der Waals surface area contributed by atoms with Crippen LogP contribution in [0.4, 0.5) is 0 Å². The highest BCUT2D eigenvalue weighted by Crippen LogP contribution is 2.25. The van der Waals surface area contributed by atoms with Crippen LogP contribution < -0.4 is 14.8 Å². The van der Waals surface area contributed by atoms with Crippen molar-refractivity contribution in [2.45, 2.75) is 33.0 Å². The number of hydrogen-bond donors (Lipinski definition) is 1. The Morgan fingerprint density at radius 1 is 1.33 bits per heavy atom. The molecule has 0 unspecified atom stereocenters. The van der Waals surface area contributed by atoms with Gasteiger partial charge in [-0.1, -0.05) is 19.9 Å². The first-order valence-corrected chi connectivity index (χ1v) is 6.84. The number of nitrogens with zero attached hydrogens (tertiary/aromatic N) is 4. The summed E-state index contributed by atoms with van der Waals surface area (Å²) in [7, 11) is 3.36. The van der Waals surface area contributed by atoms with Crippen LogP contribution in [0.25, 0.3) is 0 Å². The van der Waals surface area contributed by atoms with Gasteiger partial charge in [0.25, 0.3) is 0 Å². The Morgan fingerprint density at radius 3 is 2.76 bits per heavy atom. The second kappa shape index (κ2) is 7.03. The van der Waals surface area contributed by atoms with Crippen LogP contribution in [0.15, 0.2) is 18.2 Å². The van der Waals surface area contributed by atoms with Crippen LogP contribution in [0.5, 0.6) is 11.5 Å². The van der Waals surface area contributed by atoms with Crippen molar-refractivity contribution >= 4 is 0 Å². The second-order valence-electron chi connectivity index (χ2n) is 4.99. The highest BCUT2D eigenvalue weighted by molar-refractivity contribution is 5.40. The van der Waals surface area contributed by atoms with Gasteiger partial charge in [-0.3, -0.25) is 0 Å². The van der Waals surface area contributed by atoms with E-state index < -0.39 is 0 Å². The van der Waals surface area contributed by atoms with Crippen LogP contribution in [0.2, 0.25) is 0 Å². The summed E-state index contributed by atoms with van der Waals surface area (Å²) in [6.45, 7) is 5.21. The number of methoxy groups -OCH3 is 1. The van der Waals surface area contributed by atoms with E-state index in [4.69, 9.17) is 9.47 Å². The van der Waals surface area contributed by atoms with Gasteiger partial charge in [-0.2, -0.15) is 4.80 Å². The van der Waals surface area contributed by atoms with E-state index in [1.807, 2.05) is 18.2 Å². The highest BCUT2D eigenvalue weighted by Gasteiger charge is 2.09. The van der Waals surface area contributed by atoms with Crippen molar-refractivity contribution in [3.05, 3.63) is 29.6 Å². The molecule has 0 aliphatic carbocycles. The van der Waals surface area contributed by atoms with Gasteiger partial charge in [-0.15, -0.1) is 10.2 Å². The number of aryl methyl sites for hydroxylation is 1. The molecule has 0 aliphatic heterocycles. The number of tetrazole rings is 1. The second-order valence-corrected chi connectivity index (χ2v) is 4.99. The Morgan fingerprint density at radius 2 is 2.14 bits per heavy atom. The third-order valence-electron chi connectivity index (χ3n) is 2.88. The predicted molar refractivity (Wildman–Crippen MR) is 78.1 cm³/mol. The number of rotatable bonds is 7. The standard InChI is InChI=1S/C14H21N5O2/c1-10(2)15-8-11-5-6-12(20-4)7-13(11)21-9-14-16-18-19(3)17-14/h5-7,10,15H,8-9H2,1-4H3. The first kappa shape index (κ1) is 15.2. The average molecular weight is 291 g/mol. The molecule has 0 fully saturated rings. The van der Waals surface area contributed by atoms with Crippen molar-refractivity contribution in [2.75, 3.05) is 7.11 Å². The maximum atomic E-state index is 5.81. The van der Waals surface area contributed by atoms with Gasteiger partial charge < -0.3 is 14.8 Å². The van der Waals surface area contributed by atoms with E-state index >= 15 is 0 Å². The van der Waals surface area contributed by atoms with E-state index in [0.717, 1.165) is 23.6 Å². The third kappa shape index (κ3) is 4.42. The molecule has 0 atom stereocenters. The van der Waals surface area contributed by atoms with Gasteiger partial charge in [0.2, 0.25) is 5.82 Å². The van der Waals surface area contributed by atoms with Crippen LogP contribution in [-0.2, 0) is 20.2 Å². The maximum absolute atomic E-state index is 5.81. The maximum Gasteiger partial charge on any atom is 0.212 e. The zero-order chi connectivity index (χ0) is 15.2. The summed E-state index contributed by atoms with van der Waals surface area (Å²) in [5, 5.41) is 15.2. The van der Waals surface area contributed by atoms with Crippen molar-refractivity contribution < 1.29 is 9.47 Å². The highest BCUT2D eigenvalue weighted by atomic mass is 16.5. The van der Waals surface area contributed by atoms with Crippen molar-refractivity contribution in [1.82, 2.24) is 25.5 Å². The number of hydrogen-bond acceptors (Lipinski definition) is 6. The number of aromatic nitrogens is 4. The Bertz CT molecular complexity index is 582. The van der Waals surface area contributed by atoms with Gasteiger partial charge in [0.05, 0.1) is 14.2 Å². The molecule has 0 saturated heterocycles. The van der Waals surface area contributed by atoms with Gasteiger partial charge >= 0.3 is 0 Å². The topological polar surface area (TPSA) is 74.1 Å². The minimum atomic E-state index is 0.273. The Labute approximate surface area is 124 Å². The molecule has 0 bridgehead atoms. The minimum absolute atomic E-state index is 0.273. The van der Waals surface area contributed by atoms with Crippen LogP contribution in [0, 0.1) is 0 Å². The van der Waals surface area contributed by atoms with E-state index in [1.54, 1.807) is 14.2 Å². The van der Waals surface area contributed by atoms with Crippen LogP contribution in [0.3, 0.4) is 0 Å². The van der Waals surface area contributed by atoms with E-state index in [9.17, 15) is 0 Å². The molecule has 2 rings (SSSR count). The molecule has 0 saturated carbocycles. The first-order valence-electron chi connectivity index (χ1n) is 6.84. The third-order valence-corrected chi connectivity index (χ3v) is 2.88. The average Bonchev–Trinajstić information content (AvgIpc) is 2.88. The van der Waals surface area contributed by atoms with Crippen molar-refractivity contribution in [2.24, 2.45) is 7.05 Å². The van der Waals surface area contributed by atoms with E-state index in [2.05, 4.69) is 34.6 Å². The summed E-state index contributed by atoms with van der Waals surface area (Å²) in [4.78, 5) is 1.41. The monoisotopic (exact) mass is 291 g/mol. The SMILES string of the molecule is COc1ccc(CNC(C)C)c(OCc2nnn(C)n2)c1. The molecule has 21 heavy (non-hydrogen) atoms. The Balaban J connectivity index is 2.10. The Kier molecular flexibility index (Phi) is 5.10. The molecular formula is C14H21N5O2. The van der Waals surface area contributed by atoms with Gasteiger partial charge in [0.1, 0.15) is 11.5 Å². The number of ether oxygens (including phenoxy) is 2. The molecule has 1 aromatic heterocycles. The van der Waals surface area contributed by atoms with Crippen LogP contribution in [0.1, 0.15) is 25.2 Å². The number of nitrogens with one attached hydrogen (secondary N) is 1. The van der Waals surface area contributed by atoms with Crippen LogP contribution in [-0.4, -0.2) is 33.4 Å². The Hall–Kier alpha value is -2.15. The summed E-state index contributed by atoms with van der Waals surface area (Å²) in [5.74, 6) is 2.06. The predicted octanol–water partition coefficient (Wildman–Crippen LogP) is 1.30. The summed E-state index contributed by atoms with van der Waals surface area (Å²) in [6, 6.07) is 6.19. The van der Waals surface area contributed by atoms with Gasteiger partial charge in [0, 0.05) is 24.2 Å². The molecule has 1 N–H and O–H groups in total. The molecule has 0 spiro atoms. The minimum Gasteiger partial charge on any atom is -0.497 e. The molecule has 114 valence electrons. The lowest BCUT2D eigenvalue weighted by molar-refractivity contribution is 0.289. The molecule has 7 heteroatoms. The smallest absolute Gasteiger partial charge is 0.212 e. The fraction of sp³-hybridized carbons (Fsp3) is 0.500. The van der Waals surface area contributed by atoms with Crippen molar-refractivity contribution in [3.63, 3.8) is 0 Å². The largest absolute Gasteiger partial charge is 0.497 e. The molecule has 7 nitrogen and oxygen atoms in total. The van der Waals surface area contributed by atoms with E-state index in [-0.39, 0.29) is 6.61 Å². The summed E-state index contributed by atoms with van der Waals surface area (Å²) >= 11 is 0. The van der Waals surface area contributed by atoms with Crippen LogP contribution >= 0.6 is 0 Å². The fourth-order valence-electron chi connectivity index (χ4n) is 1.78. The lowest BCUT2D eigenvalue weighted by Crippen LogP contribution is -2.22. The van der Waals surface area contributed by atoms with Crippen molar-refractivity contribution in [1.29, 1.82) is 0 Å². The molecule has 0 amide bonds. The molecule has 0 radical (unpaired) electrons. The van der Waals surface area contributed by atoms with E-state index in [0.29, 0.717) is 11.9 Å². The first-order chi connectivity index (χ1) is 10.1. The molecule has 0 aliphatic rings. The van der Waals surface area contributed by atoms with Gasteiger partial charge in [0.15, 0.2) is 6.61 Å². The summed E-state index contributed by atoms with van der Waals surface area (Å²) < 4.78 is 11.1. The molecular weight excluding hydrogens is 270 g/mol. The summed E-state index contributed by atoms with van der Waals surface area (Å²) in [5.41, 5.74) is 1.06. The van der Waals surface area contributed by atoms with Gasteiger partial charge in [-0.05, 0) is 11.3 Å². The lowest BCUT2D eigenvalue weighted by atomic mass is 10.2. The zero-order valence-electron chi connectivity index (χ0n) is 12.8. The molecule has 1 aromatic carbocycles. The fourth-order valence-corrected chi connectivity index (χ4v) is 1.78. The zero-order valence-corrected chi connectivity index (χ0v) is 12.8. The molecule has 2 aromatic rings. The van der Waals surface area contributed by atoms with Crippen molar-refractivity contribution in [3.8, 4) is 11.5 Å². The summed E-state index contributed by atoms with van der Waals surface area (Å²) in [6.07, 6.45) is 0. The normalized spacial score (nSPS) is 10.9. The quantitative estimate of drug-likeness (QED) is 0.828. The number of benzene rings is 1.